The van der Waals surface area contributed by atoms with Gasteiger partial charge in [0.25, 0.3) is 0 Å². The molecule has 0 radical (unpaired) electrons. The third kappa shape index (κ3) is 3.79. The zero-order valence-electron chi connectivity index (χ0n) is 15.3. The van der Waals surface area contributed by atoms with Gasteiger partial charge in [0.15, 0.2) is 0 Å². The van der Waals surface area contributed by atoms with Crippen molar-refractivity contribution in [3.05, 3.63) is 39.0 Å². The van der Waals surface area contributed by atoms with E-state index in [-0.39, 0.29) is 11.8 Å². The molecule has 2 amide bonds. The minimum absolute atomic E-state index is 0.0509. The first kappa shape index (κ1) is 18.5. The van der Waals surface area contributed by atoms with Crippen LogP contribution in [0.2, 0.25) is 34.5 Å². The fourth-order valence-electron chi connectivity index (χ4n) is 3.02. The molecule has 1 aromatic carbocycles. The summed E-state index contributed by atoms with van der Waals surface area (Å²) in [5, 5.41) is 1.39. The topological polar surface area (TPSA) is 37.4 Å². The maximum atomic E-state index is 12.7. The molecule has 0 aliphatic carbocycles. The van der Waals surface area contributed by atoms with E-state index in [1.165, 1.54) is 10.1 Å². The number of benzene rings is 1. The van der Waals surface area contributed by atoms with Crippen molar-refractivity contribution in [2.75, 3.05) is 0 Å². The Kier molecular flexibility index (Phi) is 4.98. The molecule has 0 N–H and O–H groups in total. The van der Waals surface area contributed by atoms with Gasteiger partial charge in [-0.3, -0.25) is 0 Å². The molecule has 0 saturated heterocycles. The van der Waals surface area contributed by atoms with Gasteiger partial charge in [0.1, 0.15) is 0 Å². The molecule has 5 heteroatoms. The Morgan fingerprint density at radius 3 is 1.87 bits per heavy atom. The van der Waals surface area contributed by atoms with Gasteiger partial charge in [-0.2, -0.15) is 0 Å². The normalized spacial score (nSPS) is 16.6. The number of rotatable bonds is 4. The van der Waals surface area contributed by atoms with E-state index >= 15 is 0 Å². The van der Waals surface area contributed by atoms with Crippen LogP contribution in [0, 0.1) is 0 Å². The molecule has 0 atom stereocenters. The summed E-state index contributed by atoms with van der Waals surface area (Å²) < 4.78 is 0.850. The molecule has 0 saturated carbocycles. The molecule has 0 spiro atoms. The molecule has 0 aromatic heterocycles. The maximum absolute atomic E-state index is 12.7. The van der Waals surface area contributed by atoms with Crippen molar-refractivity contribution in [3.8, 4) is 0 Å². The van der Waals surface area contributed by atoms with Crippen molar-refractivity contribution in [2.24, 2.45) is 0 Å². The fourth-order valence-corrected chi connectivity index (χ4v) is 9.92. The fraction of sp³-hybridized carbons (Fsp3) is 0.444. The summed E-state index contributed by atoms with van der Waals surface area (Å²) in [5.74, 6) is -0.157. The summed E-state index contributed by atoms with van der Waals surface area (Å²) in [5.41, 5.74) is 1.70. The molecule has 23 heavy (non-hydrogen) atoms. The summed E-state index contributed by atoms with van der Waals surface area (Å²) in [6, 6.07) is 8.41. The van der Waals surface area contributed by atoms with Gasteiger partial charge in [-0.15, -0.1) is 0 Å². The molecule has 1 aromatic rings. The Bertz CT molecular complexity index is 678. The SMILES string of the molecule is CC1=[C]([Sn]([CH3])([CH3])[CH3])C(=O)N(Cc2ccc([Si](C)(C)C)cc2)C1=O. The number of hydrogen-bond donors (Lipinski definition) is 0. The first-order valence-electron chi connectivity index (χ1n) is 8.10. The molecule has 0 fully saturated rings. The summed E-state index contributed by atoms with van der Waals surface area (Å²) in [7, 11) is -1.32. The van der Waals surface area contributed by atoms with E-state index in [4.69, 9.17) is 0 Å². The third-order valence-corrected chi connectivity index (χ3v) is 12.3. The van der Waals surface area contributed by atoms with E-state index in [1.807, 2.05) is 6.92 Å². The standard InChI is InChI=1S/C15H18NO2Si.3CH3.Sn/c1-11-9-14(17)16(15(11)18)10-12-5-7-13(8-6-12)19(2,3)4;;;;/h5-8H,10H2,1-4H3;3*1H3;. The summed E-state index contributed by atoms with van der Waals surface area (Å²) in [6.07, 6.45) is 0. The van der Waals surface area contributed by atoms with E-state index in [2.05, 4.69) is 58.7 Å². The first-order chi connectivity index (χ1) is 10.4. The van der Waals surface area contributed by atoms with Crippen molar-refractivity contribution in [3.63, 3.8) is 0 Å². The van der Waals surface area contributed by atoms with Gasteiger partial charge in [-0.05, 0) is 0 Å². The van der Waals surface area contributed by atoms with Crippen LogP contribution in [0.4, 0.5) is 0 Å². The van der Waals surface area contributed by atoms with E-state index in [0.717, 1.165) is 9.15 Å². The van der Waals surface area contributed by atoms with Crippen LogP contribution >= 0.6 is 0 Å². The second kappa shape index (κ2) is 6.20. The van der Waals surface area contributed by atoms with Crippen LogP contribution in [0.15, 0.2) is 33.4 Å². The quantitative estimate of drug-likeness (QED) is 0.537. The Balaban J connectivity index is 2.23. The van der Waals surface area contributed by atoms with Crippen molar-refractivity contribution < 1.29 is 9.59 Å². The van der Waals surface area contributed by atoms with E-state index < -0.39 is 26.5 Å². The Morgan fingerprint density at radius 1 is 0.957 bits per heavy atom. The molecule has 1 aliphatic heterocycles. The van der Waals surface area contributed by atoms with E-state index in [9.17, 15) is 9.59 Å². The van der Waals surface area contributed by atoms with Gasteiger partial charge in [0, 0.05) is 0 Å². The second-order valence-electron chi connectivity index (χ2n) is 8.39. The summed E-state index contributed by atoms with van der Waals surface area (Å²) >= 11 is -2.58. The van der Waals surface area contributed by atoms with Crippen LogP contribution in [0.25, 0.3) is 0 Å². The zero-order valence-corrected chi connectivity index (χ0v) is 19.1. The Hall–Kier alpha value is -0.884. The Labute approximate surface area is 144 Å². The van der Waals surface area contributed by atoms with Crippen LogP contribution in [0.3, 0.4) is 0 Å². The molecule has 3 nitrogen and oxygen atoms in total. The van der Waals surface area contributed by atoms with Gasteiger partial charge in [-0.1, -0.05) is 0 Å². The van der Waals surface area contributed by atoms with E-state index in [1.54, 1.807) is 0 Å². The average Bonchev–Trinajstić information content (AvgIpc) is 2.62. The van der Waals surface area contributed by atoms with Crippen LogP contribution in [0.5, 0.6) is 0 Å². The van der Waals surface area contributed by atoms with Gasteiger partial charge < -0.3 is 0 Å². The van der Waals surface area contributed by atoms with Crippen LogP contribution in [-0.2, 0) is 16.1 Å². The van der Waals surface area contributed by atoms with Crippen LogP contribution in [0.1, 0.15) is 12.5 Å². The van der Waals surface area contributed by atoms with Crippen molar-refractivity contribution in [1.82, 2.24) is 4.90 Å². The number of carbonyl (C=O) groups is 2. The Morgan fingerprint density at radius 2 is 1.48 bits per heavy atom. The predicted octanol–water partition coefficient (Wildman–Crippen LogP) is 3.29. The average molecular weight is 436 g/mol. The monoisotopic (exact) mass is 437 g/mol. The molecular weight excluding hydrogens is 409 g/mol. The summed E-state index contributed by atoms with van der Waals surface area (Å²) in [6.45, 7) is 9.13. The van der Waals surface area contributed by atoms with Gasteiger partial charge in [0.05, 0.1) is 0 Å². The van der Waals surface area contributed by atoms with Crippen LogP contribution in [-0.4, -0.2) is 43.2 Å². The van der Waals surface area contributed by atoms with Gasteiger partial charge in [0.2, 0.25) is 0 Å². The molecule has 0 unspecified atom stereocenters. The minimum atomic E-state index is -2.58. The number of imide groups is 1. The molecule has 0 bridgehead atoms. The van der Waals surface area contributed by atoms with Crippen molar-refractivity contribution in [1.29, 1.82) is 0 Å². The molecule has 124 valence electrons. The number of carbonyl (C=O) groups excluding carboxylic acids is 2. The number of amides is 2. The second-order valence-corrected chi connectivity index (χ2v) is 27.7. The molecule has 1 aliphatic rings. The van der Waals surface area contributed by atoms with Gasteiger partial charge >= 0.3 is 145 Å². The van der Waals surface area contributed by atoms with Crippen molar-refractivity contribution in [2.45, 2.75) is 47.9 Å². The molecule has 2 rings (SSSR count). The van der Waals surface area contributed by atoms with Crippen LogP contribution < -0.4 is 5.19 Å². The van der Waals surface area contributed by atoms with Crippen molar-refractivity contribution >= 4 is 43.5 Å². The third-order valence-electron chi connectivity index (χ3n) is 4.31. The van der Waals surface area contributed by atoms with E-state index in [0.29, 0.717) is 12.1 Å². The summed E-state index contributed by atoms with van der Waals surface area (Å²) in [4.78, 5) is 33.2. The zero-order chi connectivity index (χ0) is 17.6. The number of nitrogens with zero attached hydrogens (tertiary/aromatic N) is 1. The first-order valence-corrected chi connectivity index (χ1v) is 21.6. The van der Waals surface area contributed by atoms with Gasteiger partial charge in [-0.25, -0.2) is 0 Å². The molecule has 1 heterocycles. The molecular formula is C18H27NO2SiSn. The number of hydrogen-bond acceptors (Lipinski definition) is 2. The predicted molar refractivity (Wildman–Crippen MR) is 101 cm³/mol.